The van der Waals surface area contributed by atoms with Gasteiger partial charge in [-0.3, -0.25) is 0 Å². The highest BCUT2D eigenvalue weighted by molar-refractivity contribution is 9.10. The monoisotopic (exact) mass is 503 g/mol. The Hall–Kier alpha value is -1.18. The first kappa shape index (κ1) is 23.5. The molecule has 162 valence electrons. The molecule has 0 aliphatic rings. The third kappa shape index (κ3) is 3.47. The van der Waals surface area contributed by atoms with E-state index in [2.05, 4.69) is 105 Å². The number of rotatable bonds is 6. The number of hydrogen-bond acceptors (Lipinski definition) is 0. The van der Waals surface area contributed by atoms with Crippen LogP contribution in [0.25, 0.3) is 10.9 Å². The molecule has 3 aromatic rings. The number of nitrogens with zero attached hydrogens (tertiary/aromatic N) is 1. The van der Waals surface area contributed by atoms with Crippen LogP contribution in [0.4, 0.5) is 4.39 Å². The van der Waals surface area contributed by atoms with Crippen LogP contribution in [-0.2, 0) is 0 Å². The summed E-state index contributed by atoms with van der Waals surface area (Å²) < 4.78 is 18.4. The van der Waals surface area contributed by atoms with Crippen LogP contribution >= 0.6 is 15.9 Å². The van der Waals surface area contributed by atoms with Crippen molar-refractivity contribution in [1.29, 1.82) is 0 Å². The van der Waals surface area contributed by atoms with E-state index < -0.39 is 16.3 Å². The Labute approximate surface area is 191 Å². The van der Waals surface area contributed by atoms with Gasteiger partial charge in [0, 0.05) is 10.9 Å². The van der Waals surface area contributed by atoms with E-state index in [0.717, 1.165) is 5.39 Å². The molecule has 0 N–H and O–H groups in total. The van der Waals surface area contributed by atoms with Crippen molar-refractivity contribution in [3.05, 3.63) is 59.0 Å². The van der Waals surface area contributed by atoms with Gasteiger partial charge < -0.3 is 4.23 Å². The Morgan fingerprint density at radius 2 is 1.37 bits per heavy atom. The number of aromatic nitrogens is 1. The van der Waals surface area contributed by atoms with Crippen LogP contribution in [0.2, 0.25) is 29.7 Å². The number of benzene rings is 2. The molecular formula is C25H35BrFNSi2. The zero-order chi connectivity index (χ0) is 22.4. The summed E-state index contributed by atoms with van der Waals surface area (Å²) in [6.07, 6.45) is 0. The van der Waals surface area contributed by atoms with Gasteiger partial charge in [-0.05, 0) is 55.9 Å². The van der Waals surface area contributed by atoms with E-state index in [1.165, 1.54) is 20.5 Å². The van der Waals surface area contributed by atoms with Crippen LogP contribution in [0, 0.1) is 5.82 Å². The Kier molecular flexibility index (Phi) is 6.57. The van der Waals surface area contributed by atoms with Gasteiger partial charge >= 0.3 is 0 Å². The fourth-order valence-corrected chi connectivity index (χ4v) is 18.3. The predicted octanol–water partition coefficient (Wildman–Crippen LogP) is 7.39. The highest BCUT2D eigenvalue weighted by Crippen LogP contribution is 2.46. The van der Waals surface area contributed by atoms with Gasteiger partial charge in [-0.25, -0.2) is 4.39 Å². The summed E-state index contributed by atoms with van der Waals surface area (Å²) in [6, 6.07) is 16.2. The van der Waals surface area contributed by atoms with Crippen molar-refractivity contribution in [3.8, 4) is 0 Å². The molecule has 0 spiro atoms. The molecule has 5 heteroatoms. The van der Waals surface area contributed by atoms with Gasteiger partial charge in [0.15, 0.2) is 8.24 Å². The van der Waals surface area contributed by atoms with E-state index in [1.807, 2.05) is 6.07 Å². The zero-order valence-corrected chi connectivity index (χ0v) is 23.1. The lowest BCUT2D eigenvalue weighted by molar-refractivity contribution is 0.629. The number of fused-ring (bicyclic) bond motifs is 1. The van der Waals surface area contributed by atoms with Crippen molar-refractivity contribution in [1.82, 2.24) is 4.23 Å². The molecule has 3 rings (SSSR count). The van der Waals surface area contributed by atoms with Gasteiger partial charge in [0.1, 0.15) is 13.9 Å². The van der Waals surface area contributed by atoms with E-state index in [0.29, 0.717) is 16.6 Å². The largest absolute Gasteiger partial charge is 0.362 e. The molecule has 30 heavy (non-hydrogen) atoms. The van der Waals surface area contributed by atoms with Crippen molar-refractivity contribution in [2.45, 2.75) is 71.3 Å². The van der Waals surface area contributed by atoms with Gasteiger partial charge in [0.05, 0.1) is 4.60 Å². The lowest BCUT2D eigenvalue weighted by Gasteiger charge is -2.45. The minimum atomic E-state index is -2.06. The van der Waals surface area contributed by atoms with E-state index >= 15 is 0 Å². The Morgan fingerprint density at radius 3 is 1.87 bits per heavy atom. The van der Waals surface area contributed by atoms with Crippen LogP contribution in [-0.4, -0.2) is 20.5 Å². The second-order valence-corrected chi connectivity index (χ2v) is 20.8. The zero-order valence-electron chi connectivity index (χ0n) is 19.6. The number of hydrogen-bond donors (Lipinski definition) is 0. The minimum absolute atomic E-state index is 0.155. The maximum Gasteiger partial charge on any atom is 0.170 e. The van der Waals surface area contributed by atoms with Crippen molar-refractivity contribution >= 4 is 53.5 Å². The van der Waals surface area contributed by atoms with Crippen LogP contribution in [0.1, 0.15) is 41.5 Å². The summed E-state index contributed by atoms with van der Waals surface area (Å²) in [5.74, 6) is -0.155. The molecule has 0 radical (unpaired) electrons. The van der Waals surface area contributed by atoms with Gasteiger partial charge in [0.25, 0.3) is 0 Å². The van der Waals surface area contributed by atoms with Crippen LogP contribution < -0.4 is 10.4 Å². The SMILES string of the molecule is CC(C)[Si](C(C)C)(C(C)C)n1c(Br)c([Si](C)(C)c2ccccc2)c2cc(F)ccc21. The fraction of sp³-hybridized carbons (Fsp3) is 0.440. The summed E-state index contributed by atoms with van der Waals surface area (Å²) in [7, 11) is -4.08. The molecule has 0 amide bonds. The van der Waals surface area contributed by atoms with Crippen molar-refractivity contribution in [2.75, 3.05) is 0 Å². The quantitative estimate of drug-likeness (QED) is 0.309. The second kappa shape index (κ2) is 8.40. The summed E-state index contributed by atoms with van der Waals surface area (Å²) in [5.41, 5.74) is 2.87. The molecule has 0 aliphatic carbocycles. The van der Waals surface area contributed by atoms with Gasteiger partial charge in [-0.15, -0.1) is 0 Å². The first-order valence-electron chi connectivity index (χ1n) is 11.0. The van der Waals surface area contributed by atoms with Gasteiger partial charge in [0.2, 0.25) is 0 Å². The Morgan fingerprint density at radius 1 is 0.833 bits per heavy atom. The molecular weight excluding hydrogens is 469 g/mol. The van der Waals surface area contributed by atoms with Crippen molar-refractivity contribution in [2.24, 2.45) is 0 Å². The van der Waals surface area contributed by atoms with E-state index in [-0.39, 0.29) is 5.82 Å². The first-order valence-corrected chi connectivity index (χ1v) is 17.0. The highest BCUT2D eigenvalue weighted by Gasteiger charge is 2.48. The molecule has 0 aliphatic heterocycles. The lowest BCUT2D eigenvalue weighted by atomic mass is 10.2. The number of halogens is 2. The van der Waals surface area contributed by atoms with Crippen LogP contribution in [0.5, 0.6) is 0 Å². The third-order valence-corrected chi connectivity index (χ3v) is 18.9. The summed E-state index contributed by atoms with van der Waals surface area (Å²) in [4.78, 5) is 0. The second-order valence-electron chi connectivity index (χ2n) is 10.0. The standard InChI is InChI=1S/C25H35BrFNSi2/c1-17(2)30(18(3)4,19(5)6)28-23-15-14-20(27)16-22(23)24(25(28)26)29(7,8)21-12-10-9-11-13-21/h9-19H,1-8H3. The molecule has 0 bridgehead atoms. The summed E-state index contributed by atoms with van der Waals surface area (Å²) >= 11 is 4.10. The molecule has 0 saturated heterocycles. The summed E-state index contributed by atoms with van der Waals surface area (Å²) in [5, 5.41) is 3.78. The average Bonchev–Trinajstić information content (AvgIpc) is 2.94. The Balaban J connectivity index is 2.49. The predicted molar refractivity (Wildman–Crippen MR) is 139 cm³/mol. The molecule has 0 unspecified atom stereocenters. The molecule has 0 atom stereocenters. The smallest absolute Gasteiger partial charge is 0.170 e. The lowest BCUT2D eigenvalue weighted by Crippen LogP contribution is -2.55. The van der Waals surface area contributed by atoms with Crippen molar-refractivity contribution in [3.63, 3.8) is 0 Å². The van der Waals surface area contributed by atoms with E-state index in [9.17, 15) is 4.39 Å². The molecule has 1 aromatic heterocycles. The minimum Gasteiger partial charge on any atom is -0.362 e. The molecule has 1 nitrogen and oxygen atoms in total. The maximum atomic E-state index is 14.5. The first-order chi connectivity index (χ1) is 14.0. The third-order valence-electron chi connectivity index (χ3n) is 7.15. The Bertz CT molecular complexity index is 1020. The van der Waals surface area contributed by atoms with Crippen LogP contribution in [0.3, 0.4) is 0 Å². The topological polar surface area (TPSA) is 4.93 Å². The molecule has 0 saturated carbocycles. The van der Waals surface area contributed by atoms with Crippen molar-refractivity contribution < 1.29 is 4.39 Å². The fourth-order valence-electron chi connectivity index (χ4n) is 5.98. The average molecular weight is 505 g/mol. The van der Waals surface area contributed by atoms with E-state index in [1.54, 1.807) is 12.1 Å². The van der Waals surface area contributed by atoms with Crippen LogP contribution in [0.15, 0.2) is 53.1 Å². The maximum absolute atomic E-state index is 14.5. The van der Waals surface area contributed by atoms with E-state index in [4.69, 9.17) is 0 Å². The normalized spacial score (nSPS) is 13.2. The molecule has 1 heterocycles. The molecule has 0 fully saturated rings. The highest BCUT2D eigenvalue weighted by atomic mass is 79.9. The summed E-state index contributed by atoms with van der Waals surface area (Å²) in [6.45, 7) is 19.1. The van der Waals surface area contributed by atoms with Gasteiger partial charge in [-0.1, -0.05) is 90.2 Å². The molecule has 2 aromatic carbocycles. The van der Waals surface area contributed by atoms with Gasteiger partial charge in [-0.2, -0.15) is 0 Å².